The normalized spacial score (nSPS) is 24.7. The number of amides is 3. The van der Waals surface area contributed by atoms with Gasteiger partial charge in [0, 0.05) is 18.9 Å². The maximum atomic E-state index is 13.2. The average molecular weight is 480 g/mol. The third-order valence-electron chi connectivity index (χ3n) is 6.39. The molecule has 1 aliphatic heterocycles. The molecule has 0 aliphatic carbocycles. The molecule has 2 unspecified atom stereocenters. The van der Waals surface area contributed by atoms with E-state index in [1.54, 1.807) is 0 Å². The van der Waals surface area contributed by atoms with E-state index in [9.17, 15) is 24.3 Å². The Morgan fingerprint density at radius 1 is 1.09 bits per heavy atom. The monoisotopic (exact) mass is 479 g/mol. The largest absolute Gasteiger partial charge is 0.480 e. The minimum atomic E-state index is -1.22. The van der Waals surface area contributed by atoms with E-state index in [1.165, 1.54) is 13.5 Å². The lowest BCUT2D eigenvalue weighted by atomic mass is 9.91. The number of carboxylic acid groups (broad SMARTS) is 1. The van der Waals surface area contributed by atoms with Crippen LogP contribution in [0.4, 0.5) is 0 Å². The van der Waals surface area contributed by atoms with Crippen molar-refractivity contribution >= 4 is 23.7 Å². The van der Waals surface area contributed by atoms with Crippen molar-refractivity contribution in [2.75, 3.05) is 7.05 Å². The lowest BCUT2D eigenvalue weighted by molar-refractivity contribution is -0.143. The van der Waals surface area contributed by atoms with Crippen LogP contribution in [-0.4, -0.2) is 47.9 Å². The first-order valence-corrected chi connectivity index (χ1v) is 12.9. The van der Waals surface area contributed by atoms with E-state index in [2.05, 4.69) is 22.9 Å². The summed E-state index contributed by atoms with van der Waals surface area (Å²) < 4.78 is 0. The van der Waals surface area contributed by atoms with Gasteiger partial charge in [-0.25, -0.2) is 4.79 Å². The molecule has 0 aromatic carbocycles. The quantitative estimate of drug-likeness (QED) is 0.282. The Morgan fingerprint density at radius 2 is 1.79 bits per heavy atom. The minimum absolute atomic E-state index is 0.0200. The fourth-order valence-corrected chi connectivity index (χ4v) is 4.36. The Bertz CT molecular complexity index is 692. The molecule has 3 amide bonds. The summed E-state index contributed by atoms with van der Waals surface area (Å²) in [4.78, 5) is 50.4. The van der Waals surface area contributed by atoms with Gasteiger partial charge in [0.25, 0.3) is 0 Å². The summed E-state index contributed by atoms with van der Waals surface area (Å²) in [6.07, 6.45) is 12.3. The molecular weight excluding hydrogens is 434 g/mol. The smallest absolute Gasteiger partial charge is 0.326 e. The molecule has 0 aromatic heterocycles. The molecule has 34 heavy (non-hydrogen) atoms. The van der Waals surface area contributed by atoms with Crippen LogP contribution in [0.3, 0.4) is 0 Å². The second-order valence-corrected chi connectivity index (χ2v) is 9.82. The summed E-state index contributed by atoms with van der Waals surface area (Å²) in [6.45, 7) is 6.08. The number of hydrogen-bond acceptors (Lipinski definition) is 4. The van der Waals surface area contributed by atoms with E-state index in [1.807, 2.05) is 26.0 Å². The van der Waals surface area contributed by atoms with Gasteiger partial charge in [0.05, 0.1) is 0 Å². The molecule has 0 radical (unpaired) electrons. The number of carbonyl (C=O) groups is 4. The SMILES string of the molecule is CCCCCCCC1CCC=CCC(C(=O)NC)C[C@@H](C(=O)O)NC(=O)[C@H](CC(C)C)NC1=O. The van der Waals surface area contributed by atoms with Crippen LogP contribution < -0.4 is 16.0 Å². The summed E-state index contributed by atoms with van der Waals surface area (Å²) in [5.41, 5.74) is 0. The van der Waals surface area contributed by atoms with Crippen LogP contribution in [0.15, 0.2) is 12.2 Å². The maximum absolute atomic E-state index is 13.2. The molecule has 0 aromatic rings. The molecule has 1 rings (SSSR count). The van der Waals surface area contributed by atoms with Crippen molar-refractivity contribution < 1.29 is 24.3 Å². The third kappa shape index (κ3) is 11.2. The van der Waals surface area contributed by atoms with Gasteiger partial charge in [-0.15, -0.1) is 0 Å². The van der Waals surface area contributed by atoms with Crippen molar-refractivity contribution in [2.45, 2.75) is 103 Å². The highest BCUT2D eigenvalue weighted by molar-refractivity contribution is 5.91. The van der Waals surface area contributed by atoms with Crippen LogP contribution in [0, 0.1) is 17.8 Å². The highest BCUT2D eigenvalue weighted by atomic mass is 16.4. The van der Waals surface area contributed by atoms with Gasteiger partial charge in [-0.2, -0.15) is 0 Å². The van der Waals surface area contributed by atoms with Gasteiger partial charge in [-0.1, -0.05) is 65.0 Å². The second kappa shape index (κ2) is 16.3. The molecule has 4 atom stereocenters. The van der Waals surface area contributed by atoms with Crippen molar-refractivity contribution in [3.63, 3.8) is 0 Å². The molecule has 194 valence electrons. The predicted octanol–water partition coefficient (Wildman–Crippen LogP) is 3.56. The molecule has 0 saturated carbocycles. The molecule has 0 bridgehead atoms. The second-order valence-electron chi connectivity index (χ2n) is 9.82. The van der Waals surface area contributed by atoms with Gasteiger partial charge < -0.3 is 21.1 Å². The minimum Gasteiger partial charge on any atom is -0.480 e. The molecular formula is C26H45N3O5. The van der Waals surface area contributed by atoms with Crippen molar-refractivity contribution in [1.82, 2.24) is 16.0 Å². The number of aliphatic carboxylic acids is 1. The van der Waals surface area contributed by atoms with Crippen LogP contribution in [0.2, 0.25) is 0 Å². The summed E-state index contributed by atoms with van der Waals surface area (Å²) in [5.74, 6) is -2.75. The molecule has 8 nitrogen and oxygen atoms in total. The molecule has 1 aliphatic rings. The third-order valence-corrected chi connectivity index (χ3v) is 6.39. The van der Waals surface area contributed by atoms with Gasteiger partial charge in [-0.3, -0.25) is 14.4 Å². The first-order valence-electron chi connectivity index (χ1n) is 12.9. The van der Waals surface area contributed by atoms with Crippen molar-refractivity contribution in [2.24, 2.45) is 17.8 Å². The zero-order valence-electron chi connectivity index (χ0n) is 21.4. The summed E-state index contributed by atoms with van der Waals surface area (Å²) in [6, 6.07) is -2.03. The topological polar surface area (TPSA) is 125 Å². The Balaban J connectivity index is 3.12. The Kier molecular flexibility index (Phi) is 14.2. The molecule has 1 heterocycles. The van der Waals surface area contributed by atoms with E-state index in [-0.39, 0.29) is 30.1 Å². The highest BCUT2D eigenvalue weighted by Gasteiger charge is 2.32. The standard InChI is InChI=1S/C26H45N3O5/c1-5-6-7-8-10-13-19-14-11-9-12-15-20(23(30)27-4)17-22(26(33)34)29-25(32)21(16-18(2)3)28-24(19)31/h9,12,18-22H,5-8,10-11,13-17H2,1-4H3,(H,27,30)(H,28,31)(H,29,32)(H,33,34)/t19?,20?,21-,22-/m0/s1. The van der Waals surface area contributed by atoms with Crippen molar-refractivity contribution in [3.05, 3.63) is 12.2 Å². The molecule has 0 fully saturated rings. The van der Waals surface area contributed by atoms with E-state index in [4.69, 9.17) is 0 Å². The average Bonchev–Trinajstić information content (AvgIpc) is 2.78. The zero-order chi connectivity index (χ0) is 25.5. The number of rotatable bonds is 10. The summed E-state index contributed by atoms with van der Waals surface area (Å²) >= 11 is 0. The van der Waals surface area contributed by atoms with Crippen LogP contribution in [0.1, 0.15) is 91.4 Å². The predicted molar refractivity (Wildman–Crippen MR) is 133 cm³/mol. The molecule has 0 saturated heterocycles. The zero-order valence-corrected chi connectivity index (χ0v) is 21.4. The fourth-order valence-electron chi connectivity index (χ4n) is 4.36. The highest BCUT2D eigenvalue weighted by Crippen LogP contribution is 2.20. The van der Waals surface area contributed by atoms with Crippen molar-refractivity contribution in [3.8, 4) is 0 Å². The summed E-state index contributed by atoms with van der Waals surface area (Å²) in [5, 5.41) is 17.8. The first-order chi connectivity index (χ1) is 16.2. The van der Waals surface area contributed by atoms with Gasteiger partial charge in [0.2, 0.25) is 17.7 Å². The number of allylic oxidation sites excluding steroid dienone is 2. The van der Waals surface area contributed by atoms with Gasteiger partial charge in [-0.05, 0) is 44.4 Å². The number of nitrogens with one attached hydrogen (secondary N) is 3. The molecule has 8 heteroatoms. The van der Waals surface area contributed by atoms with E-state index < -0.39 is 29.9 Å². The number of carbonyl (C=O) groups excluding carboxylic acids is 3. The van der Waals surface area contributed by atoms with Gasteiger partial charge >= 0.3 is 5.97 Å². The molecule has 4 N–H and O–H groups in total. The fraction of sp³-hybridized carbons (Fsp3) is 0.769. The van der Waals surface area contributed by atoms with E-state index >= 15 is 0 Å². The maximum Gasteiger partial charge on any atom is 0.326 e. The lowest BCUT2D eigenvalue weighted by Crippen LogP contribution is -2.53. The summed E-state index contributed by atoms with van der Waals surface area (Å²) in [7, 11) is 1.52. The van der Waals surface area contributed by atoms with Crippen molar-refractivity contribution in [1.29, 1.82) is 0 Å². The Labute approximate surface area is 204 Å². The van der Waals surface area contributed by atoms with Crippen LogP contribution in [0.5, 0.6) is 0 Å². The van der Waals surface area contributed by atoms with E-state index in [0.717, 1.165) is 32.1 Å². The number of hydrogen-bond donors (Lipinski definition) is 4. The lowest BCUT2D eigenvalue weighted by Gasteiger charge is -2.26. The van der Waals surface area contributed by atoms with Gasteiger partial charge in [0.1, 0.15) is 12.1 Å². The van der Waals surface area contributed by atoms with Crippen LogP contribution >= 0.6 is 0 Å². The van der Waals surface area contributed by atoms with Crippen LogP contribution in [-0.2, 0) is 19.2 Å². The molecule has 0 spiro atoms. The number of carboxylic acids is 1. The van der Waals surface area contributed by atoms with Gasteiger partial charge in [0.15, 0.2) is 0 Å². The Morgan fingerprint density at radius 3 is 2.41 bits per heavy atom. The number of unbranched alkanes of at least 4 members (excludes halogenated alkanes) is 4. The van der Waals surface area contributed by atoms with Crippen LogP contribution in [0.25, 0.3) is 0 Å². The first kappa shape index (κ1) is 29.7. The Hall–Kier alpha value is -2.38. The van der Waals surface area contributed by atoms with E-state index in [0.29, 0.717) is 25.7 Å².